The van der Waals surface area contributed by atoms with Crippen molar-refractivity contribution in [3.05, 3.63) is 516 Å². The third-order valence-corrected chi connectivity index (χ3v) is 29.3. The molecule has 0 N–H and O–H groups in total. The Balaban J connectivity index is 0.000000105. The van der Waals surface area contributed by atoms with Crippen molar-refractivity contribution in [2.75, 3.05) is 0 Å². The zero-order chi connectivity index (χ0) is 97.4. The lowest BCUT2D eigenvalue weighted by Crippen LogP contribution is -2.03. The van der Waals surface area contributed by atoms with Crippen LogP contribution in [0.5, 0.6) is 0 Å². The van der Waals surface area contributed by atoms with Gasteiger partial charge in [-0.1, -0.05) is 352 Å². The summed E-state index contributed by atoms with van der Waals surface area (Å²) >= 11 is 0. The number of aromatic nitrogens is 13. The van der Waals surface area contributed by atoms with Crippen LogP contribution < -0.4 is 0 Å². The minimum absolute atomic E-state index is 0.626. The Bertz CT molecular complexity index is 10700. The molecule has 0 radical (unpaired) electrons. The van der Waals surface area contributed by atoms with E-state index in [1.807, 2.05) is 91.0 Å². The minimum atomic E-state index is 0.626. The molecule has 22 aromatic carbocycles. The van der Waals surface area contributed by atoms with Crippen LogP contribution in [0, 0.1) is 0 Å². The van der Waals surface area contributed by atoms with Gasteiger partial charge in [0, 0.05) is 126 Å². The van der Waals surface area contributed by atoms with Crippen molar-refractivity contribution in [3.8, 4) is 102 Å². The summed E-state index contributed by atoms with van der Waals surface area (Å²) < 4.78 is 14.3. The third kappa shape index (κ3) is 14.1. The molecular formula is C135H85N13. The van der Waals surface area contributed by atoms with Gasteiger partial charge >= 0.3 is 0 Å². The number of para-hydroxylation sites is 12. The summed E-state index contributed by atoms with van der Waals surface area (Å²) in [5.74, 6) is 2.73. The average Bonchev–Trinajstić information content (AvgIpc) is 1.40. The van der Waals surface area contributed by atoms with Crippen molar-refractivity contribution in [2.24, 2.45) is 0 Å². The van der Waals surface area contributed by atoms with Crippen molar-refractivity contribution < 1.29 is 0 Å². The molecule has 13 nitrogen and oxygen atoms in total. The van der Waals surface area contributed by atoms with Crippen molar-refractivity contribution in [3.63, 3.8) is 0 Å². The van der Waals surface area contributed by atoms with Gasteiger partial charge in [-0.2, -0.15) is 0 Å². The second-order valence-electron chi connectivity index (χ2n) is 37.8. The molecule has 0 saturated heterocycles. The molecule has 31 aromatic rings. The van der Waals surface area contributed by atoms with Crippen LogP contribution in [-0.2, 0) is 0 Å². The highest BCUT2D eigenvalue weighted by Crippen LogP contribution is 2.48. The topological polar surface area (TPSA) is 120 Å². The van der Waals surface area contributed by atoms with Crippen LogP contribution >= 0.6 is 0 Å². The van der Waals surface area contributed by atoms with Gasteiger partial charge in [0.1, 0.15) is 5.69 Å². The predicted molar refractivity (Wildman–Crippen MR) is 613 cm³/mol. The Labute approximate surface area is 848 Å². The van der Waals surface area contributed by atoms with Gasteiger partial charge in [-0.15, -0.1) is 0 Å². The highest BCUT2D eigenvalue weighted by Gasteiger charge is 2.28. The highest BCUT2D eigenvalue weighted by molar-refractivity contribution is 6.27. The molecule has 0 amide bonds. The highest BCUT2D eigenvalue weighted by atomic mass is 15.1. The van der Waals surface area contributed by atoms with Crippen molar-refractivity contribution >= 4 is 174 Å². The fourth-order valence-electron chi connectivity index (χ4n) is 22.6. The van der Waals surface area contributed by atoms with Crippen LogP contribution in [0.3, 0.4) is 0 Å². The molecule has 0 saturated carbocycles. The standard InChI is InChI=1S/C49H31N5.C44H28N4.C42H26N4/c1-3-15-33(16-4-1)47-50-48(52-49(51-47)36-27-26-32-14-7-8-17-34(32)28-36)35-18-13-21-38(29-35)54-44-25-12-10-23-40(44)42-30-41-39-22-9-11-24-43(39)53(45(41)31-46(42)54)37-19-5-2-6-20-37;1-3-13-29(14-4-1)43-44(46-38-20-10-9-19-37(38)45-43)30-23-25-32(26-24-30)48-40-22-12-8-18-34(40)36-27-35-33-17-7-11-21-39(33)47(41(35)28-42(36)48)31-15-5-2-6-16-31;1-3-14-28(15-4-1)41-42(44-35-21-11-10-20-34(35)43-41)46-36-22-12-9-19-31(36)32-25-33-39(26-38(32)46)45(29-16-5-2-6-17-29)37-24-23-27-13-7-8-18-30(27)40(33)37/h1-31H;1-28H;1-26H. The molecule has 690 valence electrons. The maximum absolute atomic E-state index is 5.33. The lowest BCUT2D eigenvalue weighted by molar-refractivity contribution is 1.07. The Hall–Kier alpha value is -20.2. The van der Waals surface area contributed by atoms with E-state index in [0.29, 0.717) is 17.5 Å². The maximum Gasteiger partial charge on any atom is 0.165 e. The summed E-state index contributed by atoms with van der Waals surface area (Å²) in [5.41, 5.74) is 31.6. The van der Waals surface area contributed by atoms with Crippen LogP contribution in [-0.4, -0.2) is 62.3 Å². The second-order valence-corrected chi connectivity index (χ2v) is 37.8. The zero-order valence-electron chi connectivity index (χ0n) is 79.9. The Morgan fingerprint density at radius 2 is 0.419 bits per heavy atom. The van der Waals surface area contributed by atoms with E-state index in [1.165, 1.54) is 119 Å². The molecule has 9 aromatic heterocycles. The molecule has 0 aliphatic carbocycles. The number of benzene rings is 22. The van der Waals surface area contributed by atoms with Crippen molar-refractivity contribution in [2.45, 2.75) is 0 Å². The van der Waals surface area contributed by atoms with Crippen LogP contribution in [0.15, 0.2) is 516 Å². The van der Waals surface area contributed by atoms with E-state index in [0.717, 1.165) is 140 Å². The number of fused-ring (bicyclic) bond motifs is 23. The molecule has 31 rings (SSSR count). The molecule has 148 heavy (non-hydrogen) atoms. The van der Waals surface area contributed by atoms with Crippen LogP contribution in [0.1, 0.15) is 0 Å². The number of hydrogen-bond donors (Lipinski definition) is 0. The van der Waals surface area contributed by atoms with Crippen LogP contribution in [0.25, 0.3) is 277 Å². The average molecular weight is 1890 g/mol. The summed E-state index contributed by atoms with van der Waals surface area (Å²) in [6, 6.07) is 182. The van der Waals surface area contributed by atoms with E-state index >= 15 is 0 Å². The third-order valence-electron chi connectivity index (χ3n) is 29.3. The first-order valence-corrected chi connectivity index (χ1v) is 50.1. The van der Waals surface area contributed by atoms with Gasteiger partial charge in [0.15, 0.2) is 23.3 Å². The van der Waals surface area contributed by atoms with Gasteiger partial charge in [0.25, 0.3) is 0 Å². The van der Waals surface area contributed by atoms with Gasteiger partial charge in [-0.05, 0) is 185 Å². The monoisotopic (exact) mass is 1890 g/mol. The molecule has 0 unspecified atom stereocenters. The summed E-state index contributed by atoms with van der Waals surface area (Å²) in [4.78, 5) is 36.0. The Kier molecular flexibility index (Phi) is 20.0. The predicted octanol–water partition coefficient (Wildman–Crippen LogP) is 34.0. The van der Waals surface area contributed by atoms with Crippen molar-refractivity contribution in [1.82, 2.24) is 62.3 Å². The van der Waals surface area contributed by atoms with E-state index in [4.69, 9.17) is 34.9 Å². The second kappa shape index (κ2) is 34.9. The van der Waals surface area contributed by atoms with Gasteiger partial charge in [0.05, 0.1) is 99.7 Å². The molecule has 0 atom stereocenters. The normalized spacial score (nSPS) is 11.8. The lowest BCUT2D eigenvalue weighted by atomic mass is 10.0. The summed E-state index contributed by atoms with van der Waals surface area (Å²) in [6.07, 6.45) is 0. The minimum Gasteiger partial charge on any atom is -0.309 e. The van der Waals surface area contributed by atoms with E-state index in [1.54, 1.807) is 0 Å². The molecule has 0 fully saturated rings. The fourth-order valence-corrected chi connectivity index (χ4v) is 22.6. The maximum atomic E-state index is 5.33. The molecule has 13 heteroatoms. The van der Waals surface area contributed by atoms with E-state index in [9.17, 15) is 0 Å². The molecular weight excluding hydrogens is 1800 g/mol. The van der Waals surface area contributed by atoms with Gasteiger partial charge < -0.3 is 22.8 Å². The van der Waals surface area contributed by atoms with Crippen LogP contribution in [0.2, 0.25) is 0 Å². The molecule has 0 aliphatic rings. The van der Waals surface area contributed by atoms with E-state index in [2.05, 4.69) is 452 Å². The Morgan fingerprint density at radius 1 is 0.128 bits per heavy atom. The fraction of sp³-hybridized carbons (Fsp3) is 0. The summed E-state index contributed by atoms with van der Waals surface area (Å²) in [5, 5.41) is 19.6. The number of rotatable bonds is 12. The SMILES string of the molecule is c1ccc(-c2nc(-c3cccc(-n4c5ccccc5c5cc6c7ccccc7n(-c7ccccc7)c6cc54)c3)nc(-c3ccc4ccccc4c3)n2)cc1.c1ccc(-c2nc3ccccc3nc2-c2ccc(-n3c4ccccc4c4cc5c6ccccc6n(-c6ccccc6)c5cc43)cc2)cc1.c1ccc(-c2nc3ccccc3nc2-n2c3ccccc3c3cc4c5c6ccccc6ccc5n(-c5ccccc5)c4cc32)cc1. The molecule has 9 heterocycles. The quantitative estimate of drug-likeness (QED) is 0.119. The molecule has 0 bridgehead atoms. The first-order valence-electron chi connectivity index (χ1n) is 50.1. The van der Waals surface area contributed by atoms with Gasteiger partial charge in [-0.25, -0.2) is 34.9 Å². The van der Waals surface area contributed by atoms with Gasteiger partial charge in [-0.3, -0.25) is 4.57 Å². The largest absolute Gasteiger partial charge is 0.309 e. The lowest BCUT2D eigenvalue weighted by Gasteiger charge is -2.14. The van der Waals surface area contributed by atoms with Crippen LogP contribution in [0.4, 0.5) is 0 Å². The van der Waals surface area contributed by atoms with E-state index < -0.39 is 0 Å². The summed E-state index contributed by atoms with van der Waals surface area (Å²) in [6.45, 7) is 0. The van der Waals surface area contributed by atoms with E-state index in [-0.39, 0.29) is 0 Å². The number of hydrogen-bond acceptors (Lipinski definition) is 7. The number of nitrogens with zero attached hydrogens (tertiary/aromatic N) is 13. The molecule has 0 aliphatic heterocycles. The molecule has 0 spiro atoms. The zero-order valence-corrected chi connectivity index (χ0v) is 79.9. The first kappa shape index (κ1) is 84.7. The van der Waals surface area contributed by atoms with Gasteiger partial charge in [0.2, 0.25) is 0 Å². The first-order chi connectivity index (χ1) is 73.4. The smallest absolute Gasteiger partial charge is 0.165 e. The Morgan fingerprint density at radius 3 is 0.885 bits per heavy atom. The van der Waals surface area contributed by atoms with Crippen molar-refractivity contribution in [1.29, 1.82) is 0 Å². The summed E-state index contributed by atoms with van der Waals surface area (Å²) in [7, 11) is 0.